The number of nitrogens with zero attached hydrogens (tertiary/aromatic N) is 1. The van der Waals surface area contributed by atoms with Crippen molar-refractivity contribution in [3.05, 3.63) is 70.0 Å². The summed E-state index contributed by atoms with van der Waals surface area (Å²) in [5.74, 6) is -2.07. The number of sulfone groups is 1. The van der Waals surface area contributed by atoms with Crippen LogP contribution < -0.4 is 0 Å². The molecule has 0 fully saturated rings. The maximum atomic E-state index is 13.0. The van der Waals surface area contributed by atoms with Gasteiger partial charge in [0.15, 0.2) is 9.84 Å². The number of halogens is 2. The van der Waals surface area contributed by atoms with E-state index in [2.05, 4.69) is 0 Å². The van der Waals surface area contributed by atoms with Crippen LogP contribution in [-0.2, 0) is 26.9 Å². The van der Waals surface area contributed by atoms with Crippen LogP contribution in [0.3, 0.4) is 0 Å². The molecular formula is C18H19ClFNO3S. The summed E-state index contributed by atoms with van der Waals surface area (Å²) in [6, 6.07) is 11.1. The summed E-state index contributed by atoms with van der Waals surface area (Å²) in [6.07, 6.45) is 0. The third-order valence-corrected chi connectivity index (χ3v) is 5.62. The van der Waals surface area contributed by atoms with Crippen LogP contribution in [0.15, 0.2) is 42.5 Å². The molecule has 7 heteroatoms. The molecule has 2 aromatic rings. The van der Waals surface area contributed by atoms with E-state index in [0.29, 0.717) is 6.54 Å². The van der Waals surface area contributed by atoms with E-state index in [4.69, 9.17) is 11.6 Å². The van der Waals surface area contributed by atoms with Crippen molar-refractivity contribution in [3.63, 3.8) is 0 Å². The van der Waals surface area contributed by atoms with Gasteiger partial charge in [-0.3, -0.25) is 4.79 Å². The number of benzene rings is 2. The molecule has 0 aliphatic heterocycles. The molecule has 0 radical (unpaired) electrons. The second kappa shape index (κ2) is 7.97. The number of rotatable bonds is 6. The Balaban J connectivity index is 2.04. The minimum absolute atomic E-state index is 0.0317. The fraction of sp³-hybridized carbons (Fsp3) is 0.278. The molecule has 25 heavy (non-hydrogen) atoms. The highest BCUT2D eigenvalue weighted by atomic mass is 35.5. The third kappa shape index (κ3) is 5.54. The minimum Gasteiger partial charge on any atom is -0.341 e. The SMILES string of the molecule is Cc1ccccc1CN(C)C(=O)CS(=O)(=O)Cc1ccc(F)cc1Cl. The van der Waals surface area contributed by atoms with Gasteiger partial charge in [-0.25, -0.2) is 12.8 Å². The van der Waals surface area contributed by atoms with Gasteiger partial charge in [0.25, 0.3) is 0 Å². The molecule has 2 aromatic carbocycles. The standard InChI is InChI=1S/C18H19ClFNO3S/c1-13-5-3-4-6-14(13)10-21(2)18(22)12-25(23,24)11-15-7-8-16(20)9-17(15)19/h3-9H,10-12H2,1-2H3. The zero-order chi connectivity index (χ0) is 18.6. The lowest BCUT2D eigenvalue weighted by atomic mass is 10.1. The van der Waals surface area contributed by atoms with Crippen molar-refractivity contribution < 1.29 is 17.6 Å². The molecule has 0 atom stereocenters. The van der Waals surface area contributed by atoms with E-state index in [1.165, 1.54) is 11.0 Å². The average Bonchev–Trinajstić information content (AvgIpc) is 2.51. The van der Waals surface area contributed by atoms with Gasteiger partial charge in [0, 0.05) is 18.6 Å². The molecule has 1 amide bonds. The van der Waals surface area contributed by atoms with Crippen LogP contribution in [0.2, 0.25) is 5.02 Å². The smallest absolute Gasteiger partial charge is 0.237 e. The molecule has 0 saturated heterocycles. The Hall–Kier alpha value is -1.92. The first-order chi connectivity index (χ1) is 11.7. The summed E-state index contributed by atoms with van der Waals surface area (Å²) >= 11 is 5.86. The summed E-state index contributed by atoms with van der Waals surface area (Å²) < 4.78 is 37.6. The summed E-state index contributed by atoms with van der Waals surface area (Å²) in [7, 11) is -2.15. The largest absolute Gasteiger partial charge is 0.341 e. The summed E-state index contributed by atoms with van der Waals surface area (Å²) in [6.45, 7) is 2.26. The van der Waals surface area contributed by atoms with Crippen molar-refractivity contribution in [1.82, 2.24) is 4.90 Å². The fourth-order valence-corrected chi connectivity index (χ4v) is 4.09. The molecule has 0 unspecified atom stereocenters. The van der Waals surface area contributed by atoms with Crippen LogP contribution >= 0.6 is 11.6 Å². The molecule has 2 rings (SSSR count). The van der Waals surface area contributed by atoms with Gasteiger partial charge < -0.3 is 4.90 Å². The van der Waals surface area contributed by atoms with Crippen LogP contribution in [0.5, 0.6) is 0 Å². The second-order valence-electron chi connectivity index (χ2n) is 5.94. The Bertz CT molecular complexity index is 884. The summed E-state index contributed by atoms with van der Waals surface area (Å²) in [5.41, 5.74) is 2.26. The quantitative estimate of drug-likeness (QED) is 0.768. The maximum absolute atomic E-state index is 13.0. The maximum Gasteiger partial charge on any atom is 0.237 e. The lowest BCUT2D eigenvalue weighted by molar-refractivity contribution is -0.127. The Labute approximate surface area is 152 Å². The third-order valence-electron chi connectivity index (χ3n) is 3.83. The molecule has 0 N–H and O–H groups in total. The first kappa shape index (κ1) is 19.4. The highest BCUT2D eigenvalue weighted by Crippen LogP contribution is 2.20. The van der Waals surface area contributed by atoms with Crippen molar-refractivity contribution in [2.24, 2.45) is 0 Å². The van der Waals surface area contributed by atoms with Gasteiger partial charge in [-0.1, -0.05) is 41.9 Å². The zero-order valence-electron chi connectivity index (χ0n) is 14.0. The normalized spacial score (nSPS) is 11.4. The molecule has 4 nitrogen and oxygen atoms in total. The topological polar surface area (TPSA) is 54.5 Å². The van der Waals surface area contributed by atoms with E-state index in [-0.39, 0.29) is 10.6 Å². The van der Waals surface area contributed by atoms with E-state index >= 15 is 0 Å². The Morgan fingerprint density at radius 2 is 1.84 bits per heavy atom. The van der Waals surface area contributed by atoms with E-state index in [1.807, 2.05) is 31.2 Å². The zero-order valence-corrected chi connectivity index (χ0v) is 15.6. The van der Waals surface area contributed by atoms with E-state index in [9.17, 15) is 17.6 Å². The van der Waals surface area contributed by atoms with Gasteiger partial charge in [-0.2, -0.15) is 0 Å². The number of amides is 1. The van der Waals surface area contributed by atoms with Crippen molar-refractivity contribution in [2.75, 3.05) is 12.8 Å². The average molecular weight is 384 g/mol. The Kier molecular flexibility index (Phi) is 6.19. The molecule has 0 aliphatic carbocycles. The van der Waals surface area contributed by atoms with E-state index in [1.54, 1.807) is 7.05 Å². The van der Waals surface area contributed by atoms with Crippen molar-refractivity contribution in [2.45, 2.75) is 19.2 Å². The molecule has 0 bridgehead atoms. The number of carbonyl (C=O) groups is 1. The van der Waals surface area contributed by atoms with Crippen LogP contribution in [0.1, 0.15) is 16.7 Å². The van der Waals surface area contributed by atoms with E-state index in [0.717, 1.165) is 23.3 Å². The van der Waals surface area contributed by atoms with Gasteiger partial charge in [0.05, 0.1) is 5.75 Å². The van der Waals surface area contributed by atoms with Gasteiger partial charge in [-0.15, -0.1) is 0 Å². The minimum atomic E-state index is -3.71. The number of hydrogen-bond acceptors (Lipinski definition) is 3. The van der Waals surface area contributed by atoms with Crippen LogP contribution in [-0.4, -0.2) is 32.0 Å². The first-order valence-electron chi connectivity index (χ1n) is 7.61. The fourth-order valence-electron chi connectivity index (χ4n) is 2.36. The lowest BCUT2D eigenvalue weighted by Crippen LogP contribution is -2.32. The molecule has 0 spiro atoms. The van der Waals surface area contributed by atoms with Crippen molar-refractivity contribution >= 4 is 27.3 Å². The van der Waals surface area contributed by atoms with Crippen LogP contribution in [0.25, 0.3) is 0 Å². The second-order valence-corrected chi connectivity index (χ2v) is 8.42. The lowest BCUT2D eigenvalue weighted by Gasteiger charge is -2.18. The molecular weight excluding hydrogens is 365 g/mol. The number of hydrogen-bond donors (Lipinski definition) is 0. The first-order valence-corrected chi connectivity index (χ1v) is 9.81. The van der Waals surface area contributed by atoms with Crippen molar-refractivity contribution in [3.8, 4) is 0 Å². The van der Waals surface area contributed by atoms with Gasteiger partial charge in [-0.05, 0) is 35.7 Å². The van der Waals surface area contributed by atoms with E-state index < -0.39 is 33.1 Å². The number of carbonyl (C=O) groups excluding carboxylic acids is 1. The number of aryl methyl sites for hydroxylation is 1. The van der Waals surface area contributed by atoms with Crippen LogP contribution in [0, 0.1) is 12.7 Å². The Morgan fingerprint density at radius 3 is 2.48 bits per heavy atom. The van der Waals surface area contributed by atoms with Gasteiger partial charge in [0.1, 0.15) is 11.6 Å². The van der Waals surface area contributed by atoms with Gasteiger partial charge in [0.2, 0.25) is 5.91 Å². The molecule has 134 valence electrons. The van der Waals surface area contributed by atoms with Crippen LogP contribution in [0.4, 0.5) is 4.39 Å². The molecule has 0 aliphatic rings. The molecule has 0 saturated carbocycles. The predicted molar refractivity (Wildman–Crippen MR) is 96.6 cm³/mol. The summed E-state index contributed by atoms with van der Waals surface area (Å²) in [5, 5.41) is 0.0317. The molecule has 0 heterocycles. The van der Waals surface area contributed by atoms with Crippen molar-refractivity contribution in [1.29, 1.82) is 0 Å². The summed E-state index contributed by atoms with van der Waals surface area (Å²) in [4.78, 5) is 13.6. The highest BCUT2D eigenvalue weighted by molar-refractivity contribution is 7.91. The highest BCUT2D eigenvalue weighted by Gasteiger charge is 2.21. The molecule has 0 aromatic heterocycles. The monoisotopic (exact) mass is 383 g/mol. The predicted octanol–water partition coefficient (Wildman–Crippen LogP) is 3.36. The van der Waals surface area contributed by atoms with Gasteiger partial charge >= 0.3 is 0 Å². The Morgan fingerprint density at radius 1 is 1.16 bits per heavy atom.